The number of benzene rings is 1. The topological polar surface area (TPSA) is 76.9 Å². The lowest BCUT2D eigenvalue weighted by Gasteiger charge is -2.57. The molecular weight excluding hydrogens is 438 g/mol. The third-order valence-corrected chi connectivity index (χ3v) is 7.97. The van der Waals surface area contributed by atoms with Gasteiger partial charge in [-0.3, -0.25) is 14.7 Å². The maximum Gasteiger partial charge on any atom is 0.227 e. The van der Waals surface area contributed by atoms with E-state index in [1.165, 1.54) is 5.56 Å². The van der Waals surface area contributed by atoms with Gasteiger partial charge in [0.05, 0.1) is 13.0 Å². The Morgan fingerprint density at radius 3 is 2.57 bits per heavy atom. The third kappa shape index (κ3) is 5.28. The van der Waals surface area contributed by atoms with Gasteiger partial charge in [0.1, 0.15) is 5.60 Å². The van der Waals surface area contributed by atoms with E-state index in [1.54, 1.807) is 12.4 Å². The van der Waals surface area contributed by atoms with E-state index >= 15 is 0 Å². The van der Waals surface area contributed by atoms with E-state index in [0.29, 0.717) is 13.0 Å². The molecule has 3 aliphatic rings. The first kappa shape index (κ1) is 24.0. The van der Waals surface area contributed by atoms with E-state index in [-0.39, 0.29) is 30.5 Å². The van der Waals surface area contributed by atoms with Crippen LogP contribution in [0.3, 0.4) is 0 Å². The minimum Gasteiger partial charge on any atom is -0.395 e. The molecule has 184 valence electrons. The summed E-state index contributed by atoms with van der Waals surface area (Å²) in [5.74, 6) is 6.55. The molecule has 0 radical (unpaired) electrons. The molecule has 3 heterocycles. The number of amides is 1. The summed E-state index contributed by atoms with van der Waals surface area (Å²) in [7, 11) is 0. The van der Waals surface area contributed by atoms with Crippen molar-refractivity contribution in [1.29, 1.82) is 0 Å². The Kier molecular flexibility index (Phi) is 7.19. The van der Waals surface area contributed by atoms with Crippen molar-refractivity contribution in [3.8, 4) is 11.8 Å². The normalized spacial score (nSPS) is 26.0. The summed E-state index contributed by atoms with van der Waals surface area (Å²) in [5, 5.41) is 20.7. The minimum absolute atomic E-state index is 0.0736. The lowest BCUT2D eigenvalue weighted by molar-refractivity contribution is -0.135. The Morgan fingerprint density at radius 1 is 1.09 bits per heavy atom. The highest BCUT2D eigenvalue weighted by Crippen LogP contribution is 2.42. The van der Waals surface area contributed by atoms with Crippen LogP contribution in [0.4, 0.5) is 0 Å². The lowest BCUT2D eigenvalue weighted by Crippen LogP contribution is -2.68. The van der Waals surface area contributed by atoms with Crippen molar-refractivity contribution in [3.63, 3.8) is 0 Å². The molecule has 1 aromatic heterocycles. The Balaban J connectivity index is 1.31. The van der Waals surface area contributed by atoms with Crippen LogP contribution in [0.1, 0.15) is 61.1 Å². The van der Waals surface area contributed by atoms with E-state index in [1.807, 2.05) is 29.2 Å². The molecule has 5 rings (SSSR count). The molecule has 0 bridgehead atoms. The molecule has 2 aliphatic heterocycles. The molecule has 2 N–H and O–H groups in total. The first-order valence-electron chi connectivity index (χ1n) is 13.0. The largest absolute Gasteiger partial charge is 0.395 e. The quantitative estimate of drug-likeness (QED) is 0.668. The van der Waals surface area contributed by atoms with E-state index in [9.17, 15) is 15.0 Å². The highest BCUT2D eigenvalue weighted by atomic mass is 16.3. The van der Waals surface area contributed by atoms with Crippen molar-refractivity contribution in [2.45, 2.75) is 68.5 Å². The van der Waals surface area contributed by atoms with E-state index in [0.717, 1.165) is 62.7 Å². The molecular formula is C29H35N3O3. The average Bonchev–Trinajstić information content (AvgIpc) is 3.30. The number of pyridine rings is 1. The minimum atomic E-state index is -0.834. The zero-order valence-corrected chi connectivity index (χ0v) is 20.3. The van der Waals surface area contributed by atoms with Crippen LogP contribution in [0.5, 0.6) is 0 Å². The molecule has 0 unspecified atom stereocenters. The van der Waals surface area contributed by atoms with Crippen LogP contribution in [0.2, 0.25) is 0 Å². The van der Waals surface area contributed by atoms with Crippen LogP contribution >= 0.6 is 0 Å². The Morgan fingerprint density at radius 2 is 1.86 bits per heavy atom. The second-order valence-electron chi connectivity index (χ2n) is 10.3. The highest BCUT2D eigenvalue weighted by molar-refractivity contribution is 5.78. The number of hydrogen-bond donors (Lipinski definition) is 2. The van der Waals surface area contributed by atoms with Crippen molar-refractivity contribution in [1.82, 2.24) is 14.8 Å². The highest BCUT2D eigenvalue weighted by Gasteiger charge is 2.49. The Labute approximate surface area is 208 Å². The number of aliphatic hydroxyl groups is 2. The maximum atomic E-state index is 13.1. The van der Waals surface area contributed by atoms with Gasteiger partial charge in [-0.1, -0.05) is 30.0 Å². The summed E-state index contributed by atoms with van der Waals surface area (Å²) in [4.78, 5) is 21.7. The second kappa shape index (κ2) is 10.5. The van der Waals surface area contributed by atoms with Gasteiger partial charge in [-0.2, -0.15) is 0 Å². The van der Waals surface area contributed by atoms with Crippen molar-refractivity contribution in [2.75, 3.05) is 26.2 Å². The molecule has 6 nitrogen and oxygen atoms in total. The molecule has 1 amide bonds. The average molecular weight is 474 g/mol. The van der Waals surface area contributed by atoms with Gasteiger partial charge in [-0.15, -0.1) is 0 Å². The van der Waals surface area contributed by atoms with Crippen molar-refractivity contribution in [2.24, 2.45) is 0 Å². The number of aliphatic hydroxyl groups excluding tert-OH is 1. The zero-order chi connectivity index (χ0) is 24.3. The predicted molar refractivity (Wildman–Crippen MR) is 135 cm³/mol. The summed E-state index contributed by atoms with van der Waals surface area (Å²) in [6, 6.07) is 12.3. The number of carbonyl (C=O) groups excluding carboxylic acids is 1. The van der Waals surface area contributed by atoms with Crippen LogP contribution in [-0.4, -0.2) is 74.8 Å². The number of nitrogens with zero attached hydrogens (tertiary/aromatic N) is 3. The molecule has 1 aromatic carbocycles. The molecule has 2 aromatic rings. The van der Waals surface area contributed by atoms with Gasteiger partial charge in [0, 0.05) is 49.0 Å². The van der Waals surface area contributed by atoms with Crippen LogP contribution < -0.4 is 0 Å². The van der Waals surface area contributed by atoms with Gasteiger partial charge < -0.3 is 15.1 Å². The Hall–Kier alpha value is -2.72. The third-order valence-electron chi connectivity index (χ3n) is 7.97. The smallest absolute Gasteiger partial charge is 0.227 e. The molecule has 0 spiro atoms. The first-order valence-corrected chi connectivity index (χ1v) is 13.0. The van der Waals surface area contributed by atoms with Gasteiger partial charge in [0.2, 0.25) is 5.91 Å². The summed E-state index contributed by atoms with van der Waals surface area (Å²) in [6.45, 7) is 2.52. The van der Waals surface area contributed by atoms with Crippen molar-refractivity contribution < 1.29 is 15.0 Å². The van der Waals surface area contributed by atoms with E-state index in [2.05, 4.69) is 33.9 Å². The first-order chi connectivity index (χ1) is 17.1. The van der Waals surface area contributed by atoms with Crippen LogP contribution in [0, 0.1) is 11.8 Å². The summed E-state index contributed by atoms with van der Waals surface area (Å²) in [6.07, 6.45) is 9.44. The molecule has 1 saturated carbocycles. The van der Waals surface area contributed by atoms with Crippen molar-refractivity contribution in [3.05, 3.63) is 65.5 Å². The van der Waals surface area contributed by atoms with Crippen LogP contribution in [0.25, 0.3) is 0 Å². The number of aromatic nitrogens is 1. The lowest BCUT2D eigenvalue weighted by atomic mass is 9.74. The zero-order valence-electron chi connectivity index (χ0n) is 20.3. The van der Waals surface area contributed by atoms with Gasteiger partial charge >= 0.3 is 0 Å². The molecule has 1 aliphatic carbocycles. The summed E-state index contributed by atoms with van der Waals surface area (Å²) in [5.41, 5.74) is 2.18. The Bertz CT molecular complexity index is 1070. The summed E-state index contributed by atoms with van der Waals surface area (Å²) < 4.78 is 0. The fraction of sp³-hybridized carbons (Fsp3) is 0.517. The monoisotopic (exact) mass is 473 g/mol. The fourth-order valence-corrected chi connectivity index (χ4v) is 6.02. The standard InChI is InChI=1S/C29H35N3O3/c33-21-26-28(24-9-7-22(8-10-24)11-14-29(35)12-1-2-13-29)25-20-31(16-3-4-17-32(25)26)27(34)18-23-6-5-15-30-19-23/h5-10,15,19,25-26,28,33,35H,1-4,12-13,16-18,20-21H2/t25-,26+,28-/m0/s1. The van der Waals surface area contributed by atoms with Gasteiger partial charge in [-0.25, -0.2) is 0 Å². The second-order valence-corrected chi connectivity index (χ2v) is 10.3. The van der Waals surface area contributed by atoms with Gasteiger partial charge in [-0.05, 0) is 74.4 Å². The maximum absolute atomic E-state index is 13.1. The predicted octanol–water partition coefficient (Wildman–Crippen LogP) is 2.73. The van der Waals surface area contributed by atoms with Gasteiger partial charge in [0.15, 0.2) is 0 Å². The van der Waals surface area contributed by atoms with Crippen molar-refractivity contribution >= 4 is 5.91 Å². The number of fused-ring (bicyclic) bond motifs is 1. The van der Waals surface area contributed by atoms with Crippen LogP contribution in [0.15, 0.2) is 48.8 Å². The molecule has 2 saturated heterocycles. The number of carbonyl (C=O) groups is 1. The fourth-order valence-electron chi connectivity index (χ4n) is 6.02. The molecule has 35 heavy (non-hydrogen) atoms. The number of hydrogen-bond acceptors (Lipinski definition) is 5. The summed E-state index contributed by atoms with van der Waals surface area (Å²) >= 11 is 0. The van der Waals surface area contributed by atoms with Gasteiger partial charge in [0.25, 0.3) is 0 Å². The van der Waals surface area contributed by atoms with Crippen LogP contribution in [-0.2, 0) is 11.2 Å². The molecule has 6 heteroatoms. The molecule has 3 atom stereocenters. The SMILES string of the molecule is O=C(Cc1cccnc1)N1CCCCN2[C@H](CO)[C@@H](c3ccc(C#CC4(O)CCCC4)cc3)[C@@H]2C1. The van der Waals surface area contributed by atoms with E-state index < -0.39 is 5.60 Å². The number of rotatable bonds is 4. The van der Waals surface area contributed by atoms with E-state index in [4.69, 9.17) is 0 Å². The molecule has 3 fully saturated rings.